The van der Waals surface area contributed by atoms with Crippen molar-refractivity contribution in [3.8, 4) is 0 Å². The van der Waals surface area contributed by atoms with Gasteiger partial charge < -0.3 is 40.3 Å². The zero-order valence-corrected chi connectivity index (χ0v) is 36.9. The number of carbonyl (C=O) groups excluding carboxylic acids is 1. The number of hydrogen-bond donors (Lipinski definition) is 6. The lowest BCUT2D eigenvalue weighted by Gasteiger charge is -2.40. The molecule has 1 aliphatic rings. The lowest BCUT2D eigenvalue weighted by Crippen LogP contribution is -2.60. The van der Waals surface area contributed by atoms with Gasteiger partial charge in [0.15, 0.2) is 6.29 Å². The predicted molar refractivity (Wildman–Crippen MR) is 235 cm³/mol. The molecule has 1 heterocycles. The SMILES string of the molecule is CCCCCCCC/C=C\CCCCCCCCCCCCCC(=O)N[C@@H](CO[C@@H]1OC(CO)[C@H](O)C(O)C1O)[C@H](O)/C=C/CCCCCCCCCCCCC. The molecule has 0 spiro atoms. The van der Waals surface area contributed by atoms with Crippen LogP contribution in [0.4, 0.5) is 0 Å². The molecule has 7 atom stereocenters. The van der Waals surface area contributed by atoms with E-state index >= 15 is 0 Å². The average molecular weight is 810 g/mol. The van der Waals surface area contributed by atoms with Gasteiger partial charge in [-0.1, -0.05) is 192 Å². The fourth-order valence-electron chi connectivity index (χ4n) is 7.62. The van der Waals surface area contributed by atoms with E-state index < -0.39 is 49.5 Å². The highest BCUT2D eigenvalue weighted by Crippen LogP contribution is 2.23. The van der Waals surface area contributed by atoms with Crippen LogP contribution < -0.4 is 5.32 Å². The standard InChI is InChI=1S/C48H91NO8/c1-3-5-7-9-11-13-15-17-18-19-20-21-22-23-24-26-28-30-32-34-36-38-44(52)49-41(40-56-48-47(55)46(54)45(53)43(39-50)57-48)42(51)37-35-33-31-29-27-25-16-14-12-10-8-6-4-2/h17-18,35,37,41-43,45-48,50-51,53-55H,3-16,19-34,36,38-40H2,1-2H3,(H,49,52)/b18-17-,37-35+/t41-,42+,43?,45-,46?,47?,48+/m0/s1. The predicted octanol–water partition coefficient (Wildman–Crippen LogP) is 10.3. The monoisotopic (exact) mass is 810 g/mol. The maximum atomic E-state index is 13.0. The minimum Gasteiger partial charge on any atom is -0.394 e. The van der Waals surface area contributed by atoms with Gasteiger partial charge >= 0.3 is 0 Å². The number of rotatable bonds is 40. The van der Waals surface area contributed by atoms with Crippen LogP contribution in [0, 0.1) is 0 Å². The number of nitrogens with one attached hydrogen (secondary N) is 1. The van der Waals surface area contributed by atoms with Crippen LogP contribution in [0.3, 0.4) is 0 Å². The van der Waals surface area contributed by atoms with Crippen molar-refractivity contribution in [3.63, 3.8) is 0 Å². The van der Waals surface area contributed by atoms with Crippen molar-refractivity contribution in [2.75, 3.05) is 13.2 Å². The van der Waals surface area contributed by atoms with Gasteiger partial charge in [0.25, 0.3) is 0 Å². The van der Waals surface area contributed by atoms with Gasteiger partial charge in [0.2, 0.25) is 5.91 Å². The van der Waals surface area contributed by atoms with E-state index in [2.05, 4.69) is 31.3 Å². The van der Waals surface area contributed by atoms with E-state index in [1.807, 2.05) is 6.08 Å². The molecule has 336 valence electrons. The van der Waals surface area contributed by atoms with Crippen LogP contribution in [0.25, 0.3) is 0 Å². The molecule has 0 radical (unpaired) electrons. The van der Waals surface area contributed by atoms with Gasteiger partial charge in [-0.15, -0.1) is 0 Å². The molecule has 0 aromatic heterocycles. The average Bonchev–Trinajstić information content (AvgIpc) is 3.21. The molecule has 0 aromatic carbocycles. The largest absolute Gasteiger partial charge is 0.394 e. The Bertz CT molecular complexity index is 945. The number of carbonyl (C=O) groups is 1. The van der Waals surface area contributed by atoms with Crippen molar-refractivity contribution in [3.05, 3.63) is 24.3 Å². The van der Waals surface area contributed by atoms with E-state index in [-0.39, 0.29) is 12.5 Å². The van der Waals surface area contributed by atoms with Crippen LogP contribution in [0.2, 0.25) is 0 Å². The lowest BCUT2D eigenvalue weighted by atomic mass is 9.99. The van der Waals surface area contributed by atoms with Crippen LogP contribution in [0.15, 0.2) is 24.3 Å². The molecule has 9 nitrogen and oxygen atoms in total. The first-order valence-electron chi connectivity index (χ1n) is 24.1. The number of aliphatic hydroxyl groups excluding tert-OH is 5. The number of allylic oxidation sites excluding steroid dienone is 3. The summed E-state index contributed by atoms with van der Waals surface area (Å²) in [6, 6.07) is -0.801. The molecule has 1 aliphatic heterocycles. The van der Waals surface area contributed by atoms with E-state index in [0.29, 0.717) is 6.42 Å². The Kier molecular flexibility index (Phi) is 36.6. The van der Waals surface area contributed by atoms with Crippen LogP contribution in [0.5, 0.6) is 0 Å². The van der Waals surface area contributed by atoms with E-state index in [1.54, 1.807) is 6.08 Å². The first-order chi connectivity index (χ1) is 27.8. The molecule has 6 N–H and O–H groups in total. The van der Waals surface area contributed by atoms with Crippen molar-refractivity contribution >= 4 is 5.91 Å². The number of amides is 1. The van der Waals surface area contributed by atoms with E-state index in [9.17, 15) is 30.3 Å². The van der Waals surface area contributed by atoms with Crippen molar-refractivity contribution < 1.29 is 39.8 Å². The third-order valence-electron chi connectivity index (χ3n) is 11.5. The highest BCUT2D eigenvalue weighted by molar-refractivity contribution is 5.76. The number of ether oxygens (including phenoxy) is 2. The lowest BCUT2D eigenvalue weighted by molar-refractivity contribution is -0.302. The molecule has 0 aliphatic carbocycles. The van der Waals surface area contributed by atoms with Gasteiger partial charge in [0, 0.05) is 6.42 Å². The minimum absolute atomic E-state index is 0.177. The van der Waals surface area contributed by atoms with Gasteiger partial charge in [-0.2, -0.15) is 0 Å². The Morgan fingerprint density at radius 1 is 0.579 bits per heavy atom. The van der Waals surface area contributed by atoms with E-state index in [4.69, 9.17) is 9.47 Å². The second-order valence-electron chi connectivity index (χ2n) is 16.9. The summed E-state index contributed by atoms with van der Waals surface area (Å²) >= 11 is 0. The Morgan fingerprint density at radius 2 is 0.982 bits per heavy atom. The molecular weight excluding hydrogens is 719 g/mol. The summed E-state index contributed by atoms with van der Waals surface area (Å²) in [6.45, 7) is 3.77. The summed E-state index contributed by atoms with van der Waals surface area (Å²) in [4.78, 5) is 13.0. The Labute approximate surface area is 349 Å². The van der Waals surface area contributed by atoms with Crippen molar-refractivity contribution in [2.45, 2.75) is 262 Å². The van der Waals surface area contributed by atoms with Crippen molar-refractivity contribution in [2.24, 2.45) is 0 Å². The third-order valence-corrected chi connectivity index (χ3v) is 11.5. The molecule has 0 saturated carbocycles. The Balaban J connectivity index is 2.29. The topological polar surface area (TPSA) is 149 Å². The fraction of sp³-hybridized carbons (Fsp3) is 0.896. The van der Waals surface area contributed by atoms with Crippen molar-refractivity contribution in [1.29, 1.82) is 0 Å². The molecule has 0 bridgehead atoms. The highest BCUT2D eigenvalue weighted by atomic mass is 16.7. The van der Waals surface area contributed by atoms with E-state index in [0.717, 1.165) is 38.5 Å². The quantitative estimate of drug-likeness (QED) is 0.0265. The molecular formula is C48H91NO8. The number of aliphatic hydroxyl groups is 5. The zero-order chi connectivity index (χ0) is 41.6. The van der Waals surface area contributed by atoms with Gasteiger partial charge in [0.1, 0.15) is 24.4 Å². The van der Waals surface area contributed by atoms with E-state index in [1.165, 1.54) is 161 Å². The molecule has 3 unspecified atom stereocenters. The first kappa shape index (κ1) is 53.7. The second kappa shape index (κ2) is 38.8. The summed E-state index contributed by atoms with van der Waals surface area (Å²) in [6.07, 6.45) is 39.3. The molecule has 1 rings (SSSR count). The van der Waals surface area contributed by atoms with Gasteiger partial charge in [-0.25, -0.2) is 0 Å². The normalized spacial score (nSPS) is 21.1. The van der Waals surface area contributed by atoms with Crippen LogP contribution in [-0.4, -0.2) is 87.5 Å². The van der Waals surface area contributed by atoms with Crippen LogP contribution in [-0.2, 0) is 14.3 Å². The zero-order valence-electron chi connectivity index (χ0n) is 36.9. The molecule has 1 amide bonds. The molecule has 0 aromatic rings. The summed E-state index contributed by atoms with van der Waals surface area (Å²) in [7, 11) is 0. The molecule has 9 heteroatoms. The number of hydrogen-bond acceptors (Lipinski definition) is 8. The van der Waals surface area contributed by atoms with Crippen LogP contribution in [0.1, 0.15) is 219 Å². The van der Waals surface area contributed by atoms with Gasteiger partial charge in [0.05, 0.1) is 25.4 Å². The summed E-state index contributed by atoms with van der Waals surface area (Å²) in [5.41, 5.74) is 0. The highest BCUT2D eigenvalue weighted by Gasteiger charge is 2.44. The first-order valence-corrected chi connectivity index (χ1v) is 24.1. The van der Waals surface area contributed by atoms with Gasteiger partial charge in [-0.05, 0) is 44.9 Å². The smallest absolute Gasteiger partial charge is 0.220 e. The van der Waals surface area contributed by atoms with Crippen molar-refractivity contribution in [1.82, 2.24) is 5.32 Å². The molecule has 1 saturated heterocycles. The summed E-state index contributed by atoms with van der Waals surface area (Å²) in [5, 5.41) is 54.2. The third kappa shape index (κ3) is 29.5. The maximum Gasteiger partial charge on any atom is 0.220 e. The maximum absolute atomic E-state index is 13.0. The van der Waals surface area contributed by atoms with Crippen LogP contribution >= 0.6 is 0 Å². The Hall–Kier alpha value is -1.33. The number of unbranched alkanes of at least 4 members (excludes halogenated alkanes) is 28. The fourth-order valence-corrected chi connectivity index (χ4v) is 7.62. The Morgan fingerprint density at radius 3 is 1.42 bits per heavy atom. The second-order valence-corrected chi connectivity index (χ2v) is 16.9. The summed E-state index contributed by atoms with van der Waals surface area (Å²) in [5.74, 6) is -0.177. The molecule has 1 fully saturated rings. The minimum atomic E-state index is -1.56. The summed E-state index contributed by atoms with van der Waals surface area (Å²) < 4.78 is 11.2. The molecule has 57 heavy (non-hydrogen) atoms. The van der Waals surface area contributed by atoms with Gasteiger partial charge in [-0.3, -0.25) is 4.79 Å².